The number of benzene rings is 1. The summed E-state index contributed by atoms with van der Waals surface area (Å²) in [5, 5.41) is 6.04. The predicted molar refractivity (Wildman–Crippen MR) is 106 cm³/mol. The van der Waals surface area contributed by atoms with Crippen LogP contribution in [0, 0.1) is 6.92 Å². The minimum atomic E-state index is -2.83. The number of ether oxygens (including phenoxy) is 1. The van der Waals surface area contributed by atoms with Crippen molar-refractivity contribution in [3.63, 3.8) is 0 Å². The molecule has 0 saturated carbocycles. The Morgan fingerprint density at radius 1 is 1.21 bits per heavy atom. The normalized spacial score (nSPS) is 11.4. The second-order valence-corrected chi connectivity index (χ2v) is 6.39. The monoisotopic (exact) mass is 408 g/mol. The van der Waals surface area contributed by atoms with E-state index in [-0.39, 0.29) is 11.7 Å². The highest BCUT2D eigenvalue weighted by molar-refractivity contribution is 5.92. The van der Waals surface area contributed by atoms with E-state index >= 15 is 0 Å². The molecule has 1 amide bonds. The van der Waals surface area contributed by atoms with Gasteiger partial charge in [-0.1, -0.05) is 12.1 Å². The van der Waals surface area contributed by atoms with E-state index in [1.807, 2.05) is 18.9 Å². The van der Waals surface area contributed by atoms with Gasteiger partial charge in [-0.25, -0.2) is 0 Å². The van der Waals surface area contributed by atoms with Gasteiger partial charge < -0.3 is 24.7 Å². The number of aryl methyl sites for hydroxylation is 1. The van der Waals surface area contributed by atoms with Crippen LogP contribution in [0.4, 0.5) is 8.78 Å². The van der Waals surface area contributed by atoms with E-state index in [9.17, 15) is 13.6 Å². The van der Waals surface area contributed by atoms with Gasteiger partial charge in [0, 0.05) is 39.3 Å². The number of hydrogen-bond acceptors (Lipinski definition) is 4. The zero-order valence-electron chi connectivity index (χ0n) is 16.7. The summed E-state index contributed by atoms with van der Waals surface area (Å²) in [5.74, 6) is 0.915. The summed E-state index contributed by atoms with van der Waals surface area (Å²) in [6.07, 6.45) is 2.20. The second kappa shape index (κ2) is 11.0. The lowest BCUT2D eigenvalue weighted by molar-refractivity contribution is -0.0498. The first-order valence-electron chi connectivity index (χ1n) is 9.18. The van der Waals surface area contributed by atoms with Crippen LogP contribution in [-0.2, 0) is 6.54 Å². The summed E-state index contributed by atoms with van der Waals surface area (Å²) >= 11 is 0. The van der Waals surface area contributed by atoms with E-state index in [4.69, 9.17) is 4.42 Å². The highest BCUT2D eigenvalue weighted by Gasteiger charge is 2.12. The number of rotatable bonds is 9. The molecule has 1 heterocycles. The van der Waals surface area contributed by atoms with Gasteiger partial charge in [0.1, 0.15) is 5.75 Å². The number of guanidine groups is 1. The van der Waals surface area contributed by atoms with Gasteiger partial charge in [-0.3, -0.25) is 9.79 Å². The minimum absolute atomic E-state index is 0.126. The average molecular weight is 408 g/mol. The summed E-state index contributed by atoms with van der Waals surface area (Å²) in [6.45, 7) is 0.648. The zero-order chi connectivity index (χ0) is 21.2. The fourth-order valence-electron chi connectivity index (χ4n) is 2.69. The SMILES string of the molecule is CN=C(NCCCNC(=O)c1occc1C)N(C)Cc1ccc(OC(F)F)cc1. The maximum absolute atomic E-state index is 12.2. The molecule has 0 unspecified atom stereocenters. The molecule has 0 radical (unpaired) electrons. The molecule has 7 nitrogen and oxygen atoms in total. The van der Waals surface area contributed by atoms with Crippen LogP contribution in [0.1, 0.15) is 28.1 Å². The first-order valence-corrected chi connectivity index (χ1v) is 9.18. The van der Waals surface area contributed by atoms with Crippen LogP contribution < -0.4 is 15.4 Å². The Morgan fingerprint density at radius 3 is 2.48 bits per heavy atom. The molecule has 29 heavy (non-hydrogen) atoms. The summed E-state index contributed by atoms with van der Waals surface area (Å²) in [6, 6.07) is 8.22. The molecule has 1 aromatic heterocycles. The number of nitrogens with zero attached hydrogens (tertiary/aromatic N) is 2. The molecule has 0 atom stereocenters. The number of carbonyl (C=O) groups is 1. The number of halogens is 2. The number of alkyl halides is 2. The number of nitrogens with one attached hydrogen (secondary N) is 2. The van der Waals surface area contributed by atoms with Crippen molar-refractivity contribution in [2.75, 3.05) is 27.2 Å². The molecule has 0 aliphatic carbocycles. The third-order valence-electron chi connectivity index (χ3n) is 4.13. The Bertz CT molecular complexity index is 806. The fourth-order valence-corrected chi connectivity index (χ4v) is 2.69. The molecular formula is C20H26F2N4O3. The van der Waals surface area contributed by atoms with Crippen molar-refractivity contribution in [1.82, 2.24) is 15.5 Å². The van der Waals surface area contributed by atoms with Gasteiger partial charge in [0.15, 0.2) is 11.7 Å². The summed E-state index contributed by atoms with van der Waals surface area (Å²) < 4.78 is 33.9. The standard InChI is InChI=1S/C20H26F2N4O3/c1-14-9-12-28-17(14)18(27)24-10-4-11-25-20(23-2)26(3)13-15-5-7-16(8-6-15)29-19(21)22/h5-9,12,19H,4,10-11,13H2,1-3H3,(H,23,25)(H,24,27). The third-order valence-corrected chi connectivity index (χ3v) is 4.13. The highest BCUT2D eigenvalue weighted by atomic mass is 19.3. The van der Waals surface area contributed by atoms with Crippen LogP contribution in [-0.4, -0.2) is 50.6 Å². The fraction of sp³-hybridized carbons (Fsp3) is 0.400. The molecule has 0 saturated heterocycles. The van der Waals surface area contributed by atoms with Crippen LogP contribution in [0.5, 0.6) is 5.75 Å². The molecule has 0 fully saturated rings. The maximum atomic E-state index is 12.2. The van der Waals surface area contributed by atoms with E-state index < -0.39 is 6.61 Å². The molecule has 0 spiro atoms. The van der Waals surface area contributed by atoms with Gasteiger partial charge in [-0.15, -0.1) is 0 Å². The molecule has 0 bridgehead atoms. The molecule has 0 aliphatic rings. The molecule has 0 aliphatic heterocycles. The number of amides is 1. The molecule has 1 aromatic carbocycles. The van der Waals surface area contributed by atoms with Gasteiger partial charge >= 0.3 is 6.61 Å². The second-order valence-electron chi connectivity index (χ2n) is 6.39. The Balaban J connectivity index is 1.72. The van der Waals surface area contributed by atoms with Crippen molar-refractivity contribution in [1.29, 1.82) is 0 Å². The smallest absolute Gasteiger partial charge is 0.387 e. The molecule has 9 heteroatoms. The molecular weight excluding hydrogens is 382 g/mol. The number of furan rings is 1. The first-order chi connectivity index (χ1) is 13.9. The molecule has 2 aromatic rings. The van der Waals surface area contributed by atoms with E-state index in [0.717, 1.165) is 11.1 Å². The Labute approximate surface area is 168 Å². The predicted octanol–water partition coefficient (Wildman–Crippen LogP) is 3.02. The molecule has 2 N–H and O–H groups in total. The summed E-state index contributed by atoms with van der Waals surface area (Å²) in [5.41, 5.74) is 1.73. The first kappa shape index (κ1) is 22.2. The van der Waals surface area contributed by atoms with Crippen molar-refractivity contribution >= 4 is 11.9 Å². The Kier molecular flexibility index (Phi) is 8.45. The maximum Gasteiger partial charge on any atom is 0.387 e. The Hall–Kier alpha value is -3.10. The van der Waals surface area contributed by atoms with Crippen molar-refractivity contribution in [3.8, 4) is 5.75 Å². The lowest BCUT2D eigenvalue weighted by Crippen LogP contribution is -2.39. The minimum Gasteiger partial charge on any atom is -0.459 e. The van der Waals surface area contributed by atoms with Crippen LogP contribution in [0.15, 0.2) is 46.0 Å². The summed E-state index contributed by atoms with van der Waals surface area (Å²) in [7, 11) is 3.56. The van der Waals surface area contributed by atoms with Crippen molar-refractivity contribution in [2.24, 2.45) is 4.99 Å². The lowest BCUT2D eigenvalue weighted by Gasteiger charge is -2.22. The topological polar surface area (TPSA) is 79.1 Å². The molecule has 158 valence electrons. The van der Waals surface area contributed by atoms with Gasteiger partial charge in [-0.05, 0) is 37.1 Å². The largest absolute Gasteiger partial charge is 0.459 e. The van der Waals surface area contributed by atoms with Crippen molar-refractivity contribution in [2.45, 2.75) is 26.5 Å². The third kappa shape index (κ3) is 7.10. The highest BCUT2D eigenvalue weighted by Crippen LogP contribution is 2.15. The van der Waals surface area contributed by atoms with Gasteiger partial charge in [0.25, 0.3) is 5.91 Å². The van der Waals surface area contributed by atoms with Gasteiger partial charge in [0.05, 0.1) is 6.26 Å². The average Bonchev–Trinajstić information content (AvgIpc) is 3.11. The number of aliphatic imine (C=N–C) groups is 1. The van der Waals surface area contributed by atoms with E-state index in [1.54, 1.807) is 25.2 Å². The summed E-state index contributed by atoms with van der Waals surface area (Å²) in [4.78, 5) is 18.1. The molecule has 2 rings (SSSR count). The van der Waals surface area contributed by atoms with Crippen LogP contribution in [0.25, 0.3) is 0 Å². The number of hydrogen-bond donors (Lipinski definition) is 2. The van der Waals surface area contributed by atoms with Crippen LogP contribution in [0.2, 0.25) is 0 Å². The van der Waals surface area contributed by atoms with Gasteiger partial charge in [0.2, 0.25) is 0 Å². The van der Waals surface area contributed by atoms with Crippen molar-refractivity contribution in [3.05, 3.63) is 53.5 Å². The van der Waals surface area contributed by atoms with Crippen LogP contribution in [0.3, 0.4) is 0 Å². The quantitative estimate of drug-likeness (QED) is 0.379. The van der Waals surface area contributed by atoms with E-state index in [2.05, 4.69) is 20.4 Å². The van der Waals surface area contributed by atoms with Gasteiger partial charge in [-0.2, -0.15) is 8.78 Å². The Morgan fingerprint density at radius 2 is 1.90 bits per heavy atom. The van der Waals surface area contributed by atoms with E-state index in [1.165, 1.54) is 18.4 Å². The van der Waals surface area contributed by atoms with Crippen LogP contribution >= 0.6 is 0 Å². The zero-order valence-corrected chi connectivity index (χ0v) is 16.7. The van der Waals surface area contributed by atoms with Crippen molar-refractivity contribution < 1.29 is 22.7 Å². The lowest BCUT2D eigenvalue weighted by atomic mass is 10.2. The van der Waals surface area contributed by atoms with E-state index in [0.29, 0.717) is 37.8 Å². The number of carbonyl (C=O) groups excluding carboxylic acids is 1.